The molecule has 0 aromatic heterocycles. The molecule has 1 aromatic carbocycles. The zero-order valence-electron chi connectivity index (χ0n) is 9.73. The fourth-order valence-corrected chi connectivity index (χ4v) is 1.86. The van der Waals surface area contributed by atoms with Crippen LogP contribution in [0.5, 0.6) is 5.75 Å². The zero-order chi connectivity index (χ0) is 11.2. The van der Waals surface area contributed by atoms with Gasteiger partial charge in [0.1, 0.15) is 5.75 Å². The number of ether oxygens (including phenoxy) is 1. The summed E-state index contributed by atoms with van der Waals surface area (Å²) < 4.78 is 5.57. The molecule has 16 heavy (non-hydrogen) atoms. The van der Waals surface area contributed by atoms with Crippen molar-refractivity contribution in [2.75, 3.05) is 6.61 Å². The van der Waals surface area contributed by atoms with Gasteiger partial charge in [0.2, 0.25) is 0 Å². The topological polar surface area (TPSA) is 9.23 Å². The van der Waals surface area contributed by atoms with Crippen LogP contribution in [-0.2, 0) is 0 Å². The van der Waals surface area contributed by atoms with Gasteiger partial charge >= 0.3 is 0 Å². The Bertz CT molecular complexity index is 373. The Balaban J connectivity index is 2.01. The second kappa shape index (κ2) is 5.55. The molecule has 84 valence electrons. The second-order valence-electron chi connectivity index (χ2n) is 4.07. The normalized spacial score (nSPS) is 18.7. The van der Waals surface area contributed by atoms with Gasteiger partial charge in [-0.25, -0.2) is 0 Å². The van der Waals surface area contributed by atoms with E-state index in [9.17, 15) is 0 Å². The van der Waals surface area contributed by atoms with E-state index in [1.165, 1.54) is 5.56 Å². The number of benzene rings is 1. The second-order valence-corrected chi connectivity index (χ2v) is 4.07. The van der Waals surface area contributed by atoms with Crippen molar-refractivity contribution in [3.63, 3.8) is 0 Å². The Morgan fingerprint density at radius 3 is 2.62 bits per heavy atom. The van der Waals surface area contributed by atoms with Crippen LogP contribution in [0.2, 0.25) is 0 Å². The molecule has 2 rings (SSSR count). The summed E-state index contributed by atoms with van der Waals surface area (Å²) in [5.74, 6) is 1.51. The van der Waals surface area contributed by atoms with Crippen LogP contribution < -0.4 is 4.74 Å². The fourth-order valence-electron chi connectivity index (χ4n) is 1.86. The van der Waals surface area contributed by atoms with E-state index in [0.29, 0.717) is 5.92 Å². The third kappa shape index (κ3) is 2.75. The summed E-state index contributed by atoms with van der Waals surface area (Å²) in [7, 11) is 0. The molecule has 1 aliphatic carbocycles. The Morgan fingerprint density at radius 2 is 2.00 bits per heavy atom. The molecule has 1 atom stereocenters. The monoisotopic (exact) mass is 214 g/mol. The lowest BCUT2D eigenvalue weighted by molar-refractivity contribution is 0.317. The van der Waals surface area contributed by atoms with Gasteiger partial charge in [-0.1, -0.05) is 43.4 Å². The Morgan fingerprint density at radius 1 is 1.19 bits per heavy atom. The molecule has 0 spiro atoms. The first-order chi connectivity index (χ1) is 7.90. The Labute approximate surface area is 97.4 Å². The van der Waals surface area contributed by atoms with Crippen molar-refractivity contribution in [3.8, 4) is 5.75 Å². The highest BCUT2D eigenvalue weighted by atomic mass is 16.5. The third-order valence-electron chi connectivity index (χ3n) is 2.76. The first-order valence-corrected chi connectivity index (χ1v) is 5.96. The molecule has 0 aliphatic heterocycles. The van der Waals surface area contributed by atoms with E-state index in [1.54, 1.807) is 0 Å². The molecule has 1 nitrogen and oxygen atoms in total. The van der Waals surface area contributed by atoms with Gasteiger partial charge < -0.3 is 4.74 Å². The highest BCUT2D eigenvalue weighted by Gasteiger charge is 2.07. The Hall–Kier alpha value is -1.50. The van der Waals surface area contributed by atoms with Gasteiger partial charge in [0, 0.05) is 5.92 Å². The summed E-state index contributed by atoms with van der Waals surface area (Å²) in [5, 5.41) is 0. The maximum absolute atomic E-state index is 5.57. The number of hydrogen-bond acceptors (Lipinski definition) is 1. The van der Waals surface area contributed by atoms with Crippen molar-refractivity contribution in [3.05, 3.63) is 54.1 Å². The summed E-state index contributed by atoms with van der Waals surface area (Å²) in [6, 6.07) is 8.46. The van der Waals surface area contributed by atoms with Gasteiger partial charge in [-0.3, -0.25) is 0 Å². The molecule has 1 heteroatoms. The standard InChI is InChI=1S/C15H18O/c1-2-12-16-15-10-8-14(9-11-15)13-6-4-3-5-7-13/h3-6,8-11,13H,2,7,12H2,1H3. The largest absolute Gasteiger partial charge is 0.494 e. The van der Waals surface area contributed by atoms with E-state index in [1.807, 2.05) is 0 Å². The average Bonchev–Trinajstić information content (AvgIpc) is 2.38. The van der Waals surface area contributed by atoms with Crippen LogP contribution in [0.15, 0.2) is 48.6 Å². The number of rotatable bonds is 4. The van der Waals surface area contributed by atoms with Crippen LogP contribution in [0.4, 0.5) is 0 Å². The van der Waals surface area contributed by atoms with E-state index in [2.05, 4.69) is 55.5 Å². The summed E-state index contributed by atoms with van der Waals surface area (Å²) in [5.41, 5.74) is 1.37. The summed E-state index contributed by atoms with van der Waals surface area (Å²) in [6.45, 7) is 2.92. The SMILES string of the molecule is CCCOc1ccc(C2C=CC=CC2)cc1. The zero-order valence-corrected chi connectivity index (χ0v) is 9.73. The van der Waals surface area contributed by atoms with Crippen molar-refractivity contribution < 1.29 is 4.74 Å². The van der Waals surface area contributed by atoms with Crippen molar-refractivity contribution >= 4 is 0 Å². The first-order valence-electron chi connectivity index (χ1n) is 5.96. The van der Waals surface area contributed by atoms with Gasteiger partial charge in [0.15, 0.2) is 0 Å². The molecule has 0 fully saturated rings. The Kier molecular flexibility index (Phi) is 3.81. The minimum absolute atomic E-state index is 0.533. The average molecular weight is 214 g/mol. The maximum atomic E-state index is 5.57. The minimum Gasteiger partial charge on any atom is -0.494 e. The number of allylic oxidation sites excluding steroid dienone is 4. The minimum atomic E-state index is 0.533. The van der Waals surface area contributed by atoms with Crippen LogP contribution >= 0.6 is 0 Å². The lowest BCUT2D eigenvalue weighted by Gasteiger charge is -2.14. The highest BCUT2D eigenvalue weighted by Crippen LogP contribution is 2.26. The smallest absolute Gasteiger partial charge is 0.119 e. The van der Waals surface area contributed by atoms with Crippen molar-refractivity contribution in [1.29, 1.82) is 0 Å². The highest BCUT2D eigenvalue weighted by molar-refractivity contribution is 5.33. The first kappa shape index (κ1) is 11.0. The van der Waals surface area contributed by atoms with Crippen LogP contribution in [0, 0.1) is 0 Å². The van der Waals surface area contributed by atoms with Gasteiger partial charge in [0.05, 0.1) is 6.61 Å². The van der Waals surface area contributed by atoms with E-state index in [-0.39, 0.29) is 0 Å². The number of hydrogen-bond donors (Lipinski definition) is 0. The molecule has 0 radical (unpaired) electrons. The third-order valence-corrected chi connectivity index (χ3v) is 2.76. The predicted octanol–water partition coefficient (Wildman–Crippen LogP) is 4.08. The van der Waals surface area contributed by atoms with Crippen molar-refractivity contribution in [2.24, 2.45) is 0 Å². The fraction of sp³-hybridized carbons (Fsp3) is 0.333. The van der Waals surface area contributed by atoms with Gasteiger partial charge in [0.25, 0.3) is 0 Å². The van der Waals surface area contributed by atoms with E-state index >= 15 is 0 Å². The van der Waals surface area contributed by atoms with Crippen LogP contribution in [0.1, 0.15) is 31.2 Å². The lowest BCUT2D eigenvalue weighted by atomic mass is 9.93. The van der Waals surface area contributed by atoms with E-state index in [0.717, 1.165) is 25.2 Å². The molecular weight excluding hydrogens is 196 g/mol. The molecule has 0 bridgehead atoms. The molecule has 1 aromatic rings. The van der Waals surface area contributed by atoms with Crippen molar-refractivity contribution in [1.82, 2.24) is 0 Å². The molecule has 0 N–H and O–H groups in total. The van der Waals surface area contributed by atoms with E-state index in [4.69, 9.17) is 4.74 Å². The molecule has 0 heterocycles. The summed E-state index contributed by atoms with van der Waals surface area (Å²) in [4.78, 5) is 0. The molecule has 0 amide bonds. The molecule has 0 saturated heterocycles. The van der Waals surface area contributed by atoms with Crippen molar-refractivity contribution in [2.45, 2.75) is 25.7 Å². The molecular formula is C15H18O. The van der Waals surface area contributed by atoms with Gasteiger partial charge in [-0.05, 0) is 30.5 Å². The summed E-state index contributed by atoms with van der Waals surface area (Å²) in [6.07, 6.45) is 10.8. The molecule has 1 aliphatic rings. The predicted molar refractivity (Wildman–Crippen MR) is 67.9 cm³/mol. The molecule has 0 saturated carbocycles. The maximum Gasteiger partial charge on any atom is 0.119 e. The van der Waals surface area contributed by atoms with E-state index < -0.39 is 0 Å². The molecule has 1 unspecified atom stereocenters. The van der Waals surface area contributed by atoms with Crippen LogP contribution in [0.25, 0.3) is 0 Å². The summed E-state index contributed by atoms with van der Waals surface area (Å²) >= 11 is 0. The lowest BCUT2D eigenvalue weighted by Crippen LogP contribution is -1.98. The van der Waals surface area contributed by atoms with Crippen LogP contribution in [0.3, 0.4) is 0 Å². The quantitative estimate of drug-likeness (QED) is 0.734. The van der Waals surface area contributed by atoms with Gasteiger partial charge in [-0.2, -0.15) is 0 Å². The van der Waals surface area contributed by atoms with Crippen LogP contribution in [-0.4, -0.2) is 6.61 Å². The van der Waals surface area contributed by atoms with Gasteiger partial charge in [-0.15, -0.1) is 0 Å².